The van der Waals surface area contributed by atoms with Crippen LogP contribution in [-0.4, -0.2) is 71.7 Å². The van der Waals surface area contributed by atoms with E-state index in [9.17, 15) is 14.4 Å². The number of piperidine rings is 1. The normalized spacial score (nSPS) is 20.2. The van der Waals surface area contributed by atoms with Crippen LogP contribution in [0.15, 0.2) is 59.7 Å². The van der Waals surface area contributed by atoms with Gasteiger partial charge >= 0.3 is 0 Å². The number of carbonyl (C=O) groups excluding carboxylic acids is 3. The van der Waals surface area contributed by atoms with Crippen LogP contribution in [0.25, 0.3) is 0 Å². The summed E-state index contributed by atoms with van der Waals surface area (Å²) in [6.45, 7) is 3.54. The molecule has 2 aliphatic heterocycles. The molecule has 37 heavy (non-hydrogen) atoms. The second-order valence-electron chi connectivity index (χ2n) is 10.1. The molecule has 0 unspecified atom stereocenters. The zero-order valence-corrected chi connectivity index (χ0v) is 22.0. The van der Waals surface area contributed by atoms with Gasteiger partial charge in [0.15, 0.2) is 0 Å². The van der Waals surface area contributed by atoms with E-state index in [4.69, 9.17) is 22.1 Å². The predicted molar refractivity (Wildman–Crippen MR) is 141 cm³/mol. The number of nitrogens with one attached hydrogen (secondary N) is 1. The van der Waals surface area contributed by atoms with E-state index in [2.05, 4.69) is 10.4 Å². The fourth-order valence-corrected chi connectivity index (χ4v) is 4.79. The molecule has 10 heteroatoms. The third-order valence-electron chi connectivity index (χ3n) is 6.69. The number of benzene rings is 2. The van der Waals surface area contributed by atoms with Gasteiger partial charge in [-0.2, -0.15) is 5.10 Å². The van der Waals surface area contributed by atoms with Gasteiger partial charge in [-0.15, -0.1) is 0 Å². The molecule has 2 aromatic rings. The lowest BCUT2D eigenvalue weighted by atomic mass is 9.73. The summed E-state index contributed by atoms with van der Waals surface area (Å²) in [4.78, 5) is 41.6. The quantitative estimate of drug-likeness (QED) is 0.548. The van der Waals surface area contributed by atoms with Crippen molar-refractivity contribution in [3.63, 3.8) is 0 Å². The zero-order chi connectivity index (χ0) is 26.8. The molecule has 0 aromatic heterocycles. The zero-order valence-electron chi connectivity index (χ0n) is 21.2. The summed E-state index contributed by atoms with van der Waals surface area (Å²) in [7, 11) is 1.64. The molecule has 2 heterocycles. The molecule has 0 radical (unpaired) electrons. The number of hydrazone groups is 1. The lowest BCUT2D eigenvalue weighted by Gasteiger charge is -2.40. The van der Waals surface area contributed by atoms with Crippen molar-refractivity contribution < 1.29 is 19.1 Å². The molecule has 2 atom stereocenters. The number of halogens is 1. The smallest absolute Gasteiger partial charge is 0.256 e. The van der Waals surface area contributed by atoms with Gasteiger partial charge in [0.1, 0.15) is 23.8 Å². The first kappa shape index (κ1) is 26.6. The van der Waals surface area contributed by atoms with Crippen LogP contribution in [0.3, 0.4) is 0 Å². The average Bonchev–Trinajstić information content (AvgIpc) is 3.11. The Labute approximate surface area is 221 Å². The first-order chi connectivity index (χ1) is 17.5. The number of nitrogens with two attached hydrogens (primary N) is 1. The van der Waals surface area contributed by atoms with Crippen LogP contribution in [0, 0.1) is 5.41 Å². The maximum absolute atomic E-state index is 13.8. The molecular weight excluding hydrogens is 494 g/mol. The Morgan fingerprint density at radius 3 is 2.51 bits per heavy atom. The van der Waals surface area contributed by atoms with Gasteiger partial charge in [0.25, 0.3) is 5.91 Å². The molecule has 0 aliphatic carbocycles. The summed E-state index contributed by atoms with van der Waals surface area (Å²) in [5, 5.41) is 9.17. The molecule has 0 spiro atoms. The van der Waals surface area contributed by atoms with Crippen LogP contribution >= 0.6 is 11.6 Å². The number of nitrogens with zero attached hydrogens (tertiary/aromatic N) is 3. The van der Waals surface area contributed by atoms with E-state index in [0.717, 1.165) is 11.3 Å². The minimum absolute atomic E-state index is 0.112. The number of fused-ring (bicyclic) bond motifs is 1. The highest BCUT2D eigenvalue weighted by Crippen LogP contribution is 2.38. The van der Waals surface area contributed by atoms with Crippen molar-refractivity contribution in [3.8, 4) is 5.75 Å². The predicted octanol–water partition coefficient (Wildman–Crippen LogP) is 2.23. The maximum atomic E-state index is 13.8. The number of ether oxygens (including phenoxy) is 1. The van der Waals surface area contributed by atoms with Crippen molar-refractivity contribution in [1.82, 2.24) is 15.2 Å². The van der Waals surface area contributed by atoms with Crippen molar-refractivity contribution in [2.45, 2.75) is 38.3 Å². The summed E-state index contributed by atoms with van der Waals surface area (Å²) in [6, 6.07) is 15.4. The molecule has 0 saturated carbocycles. The number of hydrogen-bond donors (Lipinski definition) is 2. The van der Waals surface area contributed by atoms with Gasteiger partial charge < -0.3 is 20.7 Å². The van der Waals surface area contributed by atoms with Crippen LogP contribution in [0.2, 0.25) is 5.02 Å². The van der Waals surface area contributed by atoms with E-state index < -0.39 is 22.9 Å². The highest BCUT2D eigenvalue weighted by molar-refractivity contribution is 6.30. The Balaban J connectivity index is 1.58. The van der Waals surface area contributed by atoms with Gasteiger partial charge in [0.2, 0.25) is 11.8 Å². The molecule has 0 bridgehead atoms. The van der Waals surface area contributed by atoms with Gasteiger partial charge in [-0.25, -0.2) is 5.01 Å². The third-order valence-corrected chi connectivity index (χ3v) is 6.94. The molecule has 196 valence electrons. The Morgan fingerprint density at radius 1 is 1.19 bits per heavy atom. The summed E-state index contributed by atoms with van der Waals surface area (Å²) < 4.78 is 5.83. The summed E-state index contributed by atoms with van der Waals surface area (Å²) in [6.07, 6.45) is 0.878. The number of hydrogen-bond acceptors (Lipinski definition) is 6. The average molecular weight is 526 g/mol. The van der Waals surface area contributed by atoms with E-state index in [1.165, 1.54) is 5.01 Å². The Bertz CT molecular complexity index is 1200. The Morgan fingerprint density at radius 2 is 1.86 bits per heavy atom. The van der Waals surface area contributed by atoms with Crippen molar-refractivity contribution in [2.24, 2.45) is 16.3 Å². The SMILES string of the molecule is CN1N=C2CCN(C(=O)[C@@H](COc3ccc(Cl)cc3)NC(=O)C(C)(C)N)C[C@@]2(Cc2ccccc2)C1=O. The van der Waals surface area contributed by atoms with Crippen molar-refractivity contribution in [2.75, 3.05) is 26.7 Å². The minimum atomic E-state index is -1.20. The van der Waals surface area contributed by atoms with Crippen LogP contribution in [-0.2, 0) is 20.8 Å². The molecule has 2 aliphatic rings. The first-order valence-electron chi connectivity index (χ1n) is 12.2. The van der Waals surface area contributed by atoms with Gasteiger partial charge in [-0.1, -0.05) is 41.9 Å². The largest absolute Gasteiger partial charge is 0.491 e. The first-order valence-corrected chi connectivity index (χ1v) is 12.5. The number of carbonyl (C=O) groups is 3. The van der Waals surface area contributed by atoms with E-state index in [0.29, 0.717) is 30.2 Å². The summed E-state index contributed by atoms with van der Waals surface area (Å²) >= 11 is 5.95. The number of likely N-dealkylation sites (tertiary alicyclic amines) is 1. The van der Waals surface area contributed by atoms with Crippen LogP contribution < -0.4 is 15.8 Å². The van der Waals surface area contributed by atoms with Gasteiger partial charge in [-0.3, -0.25) is 14.4 Å². The fourth-order valence-electron chi connectivity index (χ4n) is 4.66. The molecule has 3 N–H and O–H groups in total. The van der Waals surface area contributed by atoms with E-state index in [1.807, 2.05) is 30.3 Å². The lowest BCUT2D eigenvalue weighted by molar-refractivity contribution is -0.143. The van der Waals surface area contributed by atoms with Crippen LogP contribution in [0.5, 0.6) is 5.75 Å². The lowest BCUT2D eigenvalue weighted by Crippen LogP contribution is -2.62. The summed E-state index contributed by atoms with van der Waals surface area (Å²) in [5.74, 6) is -0.476. The molecule has 4 rings (SSSR count). The second-order valence-corrected chi connectivity index (χ2v) is 10.6. The molecule has 3 amide bonds. The summed E-state index contributed by atoms with van der Waals surface area (Å²) in [5.41, 5.74) is 5.58. The van der Waals surface area contributed by atoms with E-state index in [-0.39, 0.29) is 25.0 Å². The number of rotatable bonds is 8. The van der Waals surface area contributed by atoms with Gasteiger partial charge in [0.05, 0.1) is 11.3 Å². The number of amides is 3. The standard InChI is InChI=1S/C27H32ClN5O4/c1-26(2,29)24(35)30-21(16-37-20-11-9-19(28)10-12-20)23(34)33-14-13-22-27(17-33,25(36)32(3)31-22)15-18-7-5-4-6-8-18/h4-12,21H,13-17,29H2,1-3H3,(H,30,35)/t21-,27-/m1/s1. The van der Waals surface area contributed by atoms with E-state index in [1.54, 1.807) is 50.1 Å². The minimum Gasteiger partial charge on any atom is -0.491 e. The topological polar surface area (TPSA) is 117 Å². The Kier molecular flexibility index (Phi) is 7.57. The molecule has 2 aromatic carbocycles. The highest BCUT2D eigenvalue weighted by Gasteiger charge is 2.54. The molecular formula is C27H32ClN5O4. The fraction of sp³-hybridized carbons (Fsp3) is 0.407. The van der Waals surface area contributed by atoms with Crippen LogP contribution in [0.4, 0.5) is 0 Å². The molecule has 1 fully saturated rings. The maximum Gasteiger partial charge on any atom is 0.256 e. The third kappa shape index (κ3) is 5.78. The van der Waals surface area contributed by atoms with Crippen LogP contribution in [0.1, 0.15) is 25.8 Å². The van der Waals surface area contributed by atoms with Crippen molar-refractivity contribution in [1.29, 1.82) is 0 Å². The second kappa shape index (κ2) is 10.5. The highest BCUT2D eigenvalue weighted by atomic mass is 35.5. The van der Waals surface area contributed by atoms with Gasteiger partial charge in [0, 0.05) is 31.6 Å². The Hall–Kier alpha value is -3.43. The molecule has 9 nitrogen and oxygen atoms in total. The molecule has 1 saturated heterocycles. The van der Waals surface area contributed by atoms with E-state index >= 15 is 0 Å². The van der Waals surface area contributed by atoms with Crippen molar-refractivity contribution >= 4 is 35.0 Å². The monoisotopic (exact) mass is 525 g/mol. The van der Waals surface area contributed by atoms with Crippen molar-refractivity contribution in [3.05, 3.63) is 65.2 Å². The van der Waals surface area contributed by atoms with Gasteiger partial charge in [-0.05, 0) is 50.1 Å².